The first-order chi connectivity index (χ1) is 12.4. The molecule has 1 aliphatic heterocycles. The quantitative estimate of drug-likeness (QED) is 0.694. The first-order valence-corrected chi connectivity index (χ1v) is 9.26. The highest BCUT2D eigenvalue weighted by Crippen LogP contribution is 2.19. The summed E-state index contributed by atoms with van der Waals surface area (Å²) in [5.74, 6) is -0.834. The summed E-state index contributed by atoms with van der Waals surface area (Å²) < 4.78 is 0. The number of carbonyl (C=O) groups excluding carboxylic acids is 1. The van der Waals surface area contributed by atoms with Gasteiger partial charge in [0.1, 0.15) is 6.04 Å². The molecule has 7 nitrogen and oxygen atoms in total. The van der Waals surface area contributed by atoms with Crippen molar-refractivity contribution < 1.29 is 14.7 Å². The lowest BCUT2D eigenvalue weighted by Gasteiger charge is -2.35. The Morgan fingerprint density at radius 3 is 2.23 bits per heavy atom. The Balaban J connectivity index is 1.88. The van der Waals surface area contributed by atoms with Crippen LogP contribution < -0.4 is 15.5 Å². The summed E-state index contributed by atoms with van der Waals surface area (Å²) in [6.07, 6.45) is 0.394. The van der Waals surface area contributed by atoms with Gasteiger partial charge in [0.2, 0.25) is 0 Å². The number of carboxylic acid groups (broad SMARTS) is 1. The first kappa shape index (κ1) is 20.0. The summed E-state index contributed by atoms with van der Waals surface area (Å²) in [5, 5.41) is 14.4. The molecule has 2 rings (SSSR count). The fraction of sp³-hybridized carbons (Fsp3) is 0.579. The number of carbonyl (C=O) groups is 2. The van der Waals surface area contributed by atoms with Crippen LogP contribution in [0.15, 0.2) is 24.3 Å². The van der Waals surface area contributed by atoms with Crippen LogP contribution in [0.2, 0.25) is 0 Å². The number of hydrogen-bond acceptors (Lipinski definition) is 4. The third-order valence-corrected chi connectivity index (χ3v) is 4.62. The van der Waals surface area contributed by atoms with Crippen LogP contribution in [0.3, 0.4) is 0 Å². The molecule has 26 heavy (non-hydrogen) atoms. The van der Waals surface area contributed by atoms with E-state index < -0.39 is 18.0 Å². The van der Waals surface area contributed by atoms with Crippen LogP contribution in [0, 0.1) is 5.92 Å². The van der Waals surface area contributed by atoms with Crippen molar-refractivity contribution in [2.45, 2.75) is 33.2 Å². The summed E-state index contributed by atoms with van der Waals surface area (Å²) in [7, 11) is 0. The molecule has 1 aromatic rings. The van der Waals surface area contributed by atoms with Gasteiger partial charge in [0, 0.05) is 37.6 Å². The number of likely N-dealkylation sites (N-methyl/N-ethyl adjacent to an activating group) is 1. The maximum Gasteiger partial charge on any atom is 0.326 e. The number of anilines is 2. The number of amides is 2. The van der Waals surface area contributed by atoms with Gasteiger partial charge in [-0.15, -0.1) is 0 Å². The zero-order valence-electron chi connectivity index (χ0n) is 15.9. The third-order valence-electron chi connectivity index (χ3n) is 4.62. The van der Waals surface area contributed by atoms with E-state index in [2.05, 4.69) is 27.4 Å². The van der Waals surface area contributed by atoms with Gasteiger partial charge in [0.25, 0.3) is 0 Å². The Labute approximate surface area is 155 Å². The van der Waals surface area contributed by atoms with Crippen molar-refractivity contribution in [2.24, 2.45) is 5.92 Å². The van der Waals surface area contributed by atoms with E-state index in [0.717, 1.165) is 38.4 Å². The number of carboxylic acids is 1. The fourth-order valence-electron chi connectivity index (χ4n) is 3.10. The molecule has 1 saturated heterocycles. The van der Waals surface area contributed by atoms with Crippen molar-refractivity contribution in [3.63, 3.8) is 0 Å². The van der Waals surface area contributed by atoms with Gasteiger partial charge < -0.3 is 25.5 Å². The number of urea groups is 1. The maximum atomic E-state index is 12.1. The Hall–Kier alpha value is -2.28. The molecule has 0 aromatic heterocycles. The minimum absolute atomic E-state index is 0.184. The van der Waals surface area contributed by atoms with Gasteiger partial charge in [0.05, 0.1) is 0 Å². The third kappa shape index (κ3) is 5.91. The van der Waals surface area contributed by atoms with Crippen LogP contribution in [0.25, 0.3) is 0 Å². The van der Waals surface area contributed by atoms with E-state index in [9.17, 15) is 14.7 Å². The van der Waals surface area contributed by atoms with Gasteiger partial charge in [-0.2, -0.15) is 0 Å². The highest BCUT2D eigenvalue weighted by Gasteiger charge is 2.21. The average Bonchev–Trinajstić information content (AvgIpc) is 2.61. The molecule has 1 aromatic carbocycles. The topological polar surface area (TPSA) is 84.9 Å². The average molecular weight is 362 g/mol. The van der Waals surface area contributed by atoms with Crippen molar-refractivity contribution in [1.82, 2.24) is 10.2 Å². The van der Waals surface area contributed by atoms with Gasteiger partial charge in [0.15, 0.2) is 0 Å². The smallest absolute Gasteiger partial charge is 0.326 e. The van der Waals surface area contributed by atoms with E-state index in [-0.39, 0.29) is 5.92 Å². The zero-order chi connectivity index (χ0) is 19.1. The number of rotatable bonds is 7. The predicted octanol–water partition coefficient (Wildman–Crippen LogP) is 2.45. The number of hydrogen-bond donors (Lipinski definition) is 3. The molecule has 1 aliphatic rings. The van der Waals surface area contributed by atoms with Gasteiger partial charge in [-0.05, 0) is 43.1 Å². The molecule has 0 saturated carbocycles. The fourth-order valence-corrected chi connectivity index (χ4v) is 3.10. The van der Waals surface area contributed by atoms with Crippen LogP contribution in [0.1, 0.15) is 27.2 Å². The van der Waals surface area contributed by atoms with E-state index >= 15 is 0 Å². The molecule has 0 bridgehead atoms. The molecule has 1 atom stereocenters. The number of nitrogens with zero attached hydrogens (tertiary/aromatic N) is 2. The van der Waals surface area contributed by atoms with Crippen LogP contribution in [0.5, 0.6) is 0 Å². The van der Waals surface area contributed by atoms with E-state index in [4.69, 9.17) is 0 Å². The Morgan fingerprint density at radius 2 is 1.73 bits per heavy atom. The molecule has 0 aliphatic carbocycles. The molecule has 144 valence electrons. The van der Waals surface area contributed by atoms with Gasteiger partial charge in [-0.25, -0.2) is 9.59 Å². The monoisotopic (exact) mass is 362 g/mol. The van der Waals surface area contributed by atoms with E-state index in [1.54, 1.807) is 0 Å². The molecule has 0 radical (unpaired) electrons. The van der Waals surface area contributed by atoms with Crippen molar-refractivity contribution in [2.75, 3.05) is 42.9 Å². The first-order valence-electron chi connectivity index (χ1n) is 9.26. The number of benzene rings is 1. The largest absolute Gasteiger partial charge is 0.480 e. The number of piperazine rings is 1. The van der Waals surface area contributed by atoms with Crippen molar-refractivity contribution in [3.8, 4) is 0 Å². The summed E-state index contributed by atoms with van der Waals surface area (Å²) in [6, 6.07) is 6.28. The van der Waals surface area contributed by atoms with Crippen molar-refractivity contribution >= 4 is 23.4 Å². The molecular weight excluding hydrogens is 332 g/mol. The Bertz CT molecular complexity index is 595. The molecule has 2 amide bonds. The summed E-state index contributed by atoms with van der Waals surface area (Å²) >= 11 is 0. The molecule has 0 spiro atoms. The van der Waals surface area contributed by atoms with Crippen molar-refractivity contribution in [3.05, 3.63) is 24.3 Å². The second-order valence-corrected chi connectivity index (χ2v) is 7.09. The summed E-state index contributed by atoms with van der Waals surface area (Å²) in [4.78, 5) is 28.1. The molecule has 1 heterocycles. The molecular formula is C19H30N4O3. The number of aliphatic carboxylic acids is 1. The number of nitrogens with one attached hydrogen (secondary N) is 2. The molecule has 7 heteroatoms. The van der Waals surface area contributed by atoms with Crippen LogP contribution >= 0.6 is 0 Å². The Kier molecular flexibility index (Phi) is 7.26. The minimum Gasteiger partial charge on any atom is -0.480 e. The highest BCUT2D eigenvalue weighted by atomic mass is 16.4. The van der Waals surface area contributed by atoms with Crippen LogP contribution in [-0.4, -0.2) is 60.8 Å². The second kappa shape index (κ2) is 9.43. The summed E-state index contributed by atoms with van der Waals surface area (Å²) in [6.45, 7) is 11.2. The van der Waals surface area contributed by atoms with Crippen LogP contribution in [-0.2, 0) is 4.79 Å². The van der Waals surface area contributed by atoms with Gasteiger partial charge in [-0.1, -0.05) is 20.8 Å². The zero-order valence-corrected chi connectivity index (χ0v) is 15.9. The standard InChI is InChI=1S/C19H30N4O3/c1-4-22-9-11-23(12-10-22)16-7-5-15(6-8-16)20-19(26)21-17(18(24)25)13-14(2)3/h5-8,14,17H,4,9-13H2,1-3H3,(H,24,25)(H2,20,21,26). The molecule has 3 N–H and O–H groups in total. The highest BCUT2D eigenvalue weighted by molar-refractivity contribution is 5.92. The Morgan fingerprint density at radius 1 is 1.12 bits per heavy atom. The molecule has 1 fully saturated rings. The van der Waals surface area contributed by atoms with Gasteiger partial charge >= 0.3 is 12.0 Å². The van der Waals surface area contributed by atoms with Gasteiger partial charge in [-0.3, -0.25) is 0 Å². The van der Waals surface area contributed by atoms with Crippen molar-refractivity contribution in [1.29, 1.82) is 0 Å². The summed E-state index contributed by atoms with van der Waals surface area (Å²) in [5.41, 5.74) is 1.78. The lowest BCUT2D eigenvalue weighted by molar-refractivity contribution is -0.139. The lowest BCUT2D eigenvalue weighted by atomic mass is 10.0. The molecule has 1 unspecified atom stereocenters. The van der Waals surface area contributed by atoms with E-state index in [1.807, 2.05) is 38.1 Å². The van der Waals surface area contributed by atoms with Crippen LogP contribution in [0.4, 0.5) is 16.2 Å². The predicted molar refractivity (Wildman–Crippen MR) is 104 cm³/mol. The normalized spacial score (nSPS) is 16.4. The second-order valence-electron chi connectivity index (χ2n) is 7.09. The minimum atomic E-state index is -1.02. The van der Waals surface area contributed by atoms with E-state index in [1.165, 1.54) is 0 Å². The van der Waals surface area contributed by atoms with E-state index in [0.29, 0.717) is 12.1 Å². The SMILES string of the molecule is CCN1CCN(c2ccc(NC(=O)NC(CC(C)C)C(=O)O)cc2)CC1. The maximum absolute atomic E-state index is 12.1. The lowest BCUT2D eigenvalue weighted by Crippen LogP contribution is -2.46.